The summed E-state index contributed by atoms with van der Waals surface area (Å²) in [7, 11) is 18.4. The number of hydrogen-bond donors (Lipinski definition) is 0. The Labute approximate surface area is 662 Å². The third kappa shape index (κ3) is 37.0. The summed E-state index contributed by atoms with van der Waals surface area (Å²) in [5.41, 5.74) is 5.81. The minimum Gasteiger partial charge on any atom is -0.379 e. The zero-order valence-electron chi connectivity index (χ0n) is 73.8. The first-order chi connectivity index (χ1) is 51.4. The van der Waals surface area contributed by atoms with Crippen LogP contribution in [0.3, 0.4) is 0 Å². The number of likely N-dealkylation sites (N-methyl/N-ethyl adjacent to an activating group) is 4. The van der Waals surface area contributed by atoms with Crippen LogP contribution in [0.2, 0.25) is 0 Å². The van der Waals surface area contributed by atoms with Crippen molar-refractivity contribution < 1.29 is 47.9 Å². The second-order valence-corrected chi connectivity index (χ2v) is 27.4. The van der Waals surface area contributed by atoms with Crippen LogP contribution in [-0.4, -0.2) is 236 Å². The van der Waals surface area contributed by atoms with E-state index in [0.717, 1.165) is 111 Å². The summed E-state index contributed by atoms with van der Waals surface area (Å²) in [6.45, 7) is 50.9. The van der Waals surface area contributed by atoms with Gasteiger partial charge in [-0.1, -0.05) is 193 Å². The number of benzodiazepines with no additional fused rings is 1. The van der Waals surface area contributed by atoms with Gasteiger partial charge in [0.25, 0.3) is 5.91 Å². The molecule has 21 nitrogen and oxygen atoms in total. The summed E-state index contributed by atoms with van der Waals surface area (Å²) in [6.07, 6.45) is 9.43. The van der Waals surface area contributed by atoms with Crippen molar-refractivity contribution in [3.8, 4) is 0 Å². The molecule has 7 unspecified atom stereocenters. The van der Waals surface area contributed by atoms with Crippen LogP contribution in [0.15, 0.2) is 77.8 Å². The molecule has 5 fully saturated rings. The highest BCUT2D eigenvalue weighted by Crippen LogP contribution is 2.33. The average molecular weight is 1530 g/mol. The monoisotopic (exact) mass is 1530 g/mol. The molecule has 108 heavy (non-hydrogen) atoms. The highest BCUT2D eigenvalue weighted by atomic mass is 32.2. The van der Waals surface area contributed by atoms with Crippen LogP contribution in [0.5, 0.6) is 0 Å². The molecule has 3 aromatic rings. The van der Waals surface area contributed by atoms with Crippen LogP contribution in [0.1, 0.15) is 202 Å². The number of amides is 9. The molecule has 9 amide bonds. The van der Waals surface area contributed by atoms with E-state index in [9.17, 15) is 43.2 Å². The van der Waals surface area contributed by atoms with E-state index in [2.05, 4.69) is 23.0 Å². The number of anilines is 4. The van der Waals surface area contributed by atoms with Crippen molar-refractivity contribution in [1.29, 1.82) is 0 Å². The normalized spacial score (nSPS) is 21.7. The Morgan fingerprint density at radius 3 is 1.28 bits per heavy atom. The van der Waals surface area contributed by atoms with Gasteiger partial charge in [0.2, 0.25) is 47.3 Å². The van der Waals surface area contributed by atoms with Gasteiger partial charge in [-0.15, -0.1) is 0 Å². The number of ether oxygens (including phenoxy) is 1. The van der Waals surface area contributed by atoms with E-state index < -0.39 is 5.92 Å². The largest absolute Gasteiger partial charge is 0.379 e. The van der Waals surface area contributed by atoms with Gasteiger partial charge >= 0.3 is 0 Å². The molecule has 0 radical (unpaired) electrons. The molecule has 22 heteroatoms. The number of para-hydroxylation sites is 4. The van der Waals surface area contributed by atoms with Crippen LogP contribution < -0.4 is 19.6 Å². The number of piperidine rings is 1. The van der Waals surface area contributed by atoms with Gasteiger partial charge in [0.1, 0.15) is 12.0 Å². The van der Waals surface area contributed by atoms with Gasteiger partial charge in [-0.05, 0) is 89.2 Å². The van der Waals surface area contributed by atoms with Gasteiger partial charge in [-0.3, -0.25) is 48.1 Å². The van der Waals surface area contributed by atoms with Crippen molar-refractivity contribution >= 4 is 93.9 Å². The Balaban J connectivity index is -0.000000562. The number of hydrogen-bond acceptors (Lipinski definition) is 13. The van der Waals surface area contributed by atoms with Crippen molar-refractivity contribution in [3.63, 3.8) is 0 Å². The highest BCUT2D eigenvalue weighted by Gasteiger charge is 2.34. The quantitative estimate of drug-likeness (QED) is 0.193. The van der Waals surface area contributed by atoms with Crippen LogP contribution in [0.25, 0.3) is 0 Å². The fraction of sp³-hybridized carbons (Fsp3) is 0.674. The Hall–Kier alpha value is -7.17. The molecule has 7 atom stereocenters. The summed E-state index contributed by atoms with van der Waals surface area (Å²) in [6, 6.07) is 23.0. The molecule has 5 saturated heterocycles. The number of aliphatic imine (C=N–C) groups is 1. The molecule has 3 aromatic carbocycles. The number of nitrogens with zero attached hydrogens (tertiary/aromatic N) is 11. The molecule has 0 spiro atoms. The summed E-state index contributed by atoms with van der Waals surface area (Å²) < 4.78 is 5.19. The summed E-state index contributed by atoms with van der Waals surface area (Å²) in [5.74, 6) is 3.86. The van der Waals surface area contributed by atoms with Crippen molar-refractivity contribution in [2.45, 2.75) is 203 Å². The Morgan fingerprint density at radius 2 is 0.750 bits per heavy atom. The maximum absolute atomic E-state index is 11.9. The van der Waals surface area contributed by atoms with Gasteiger partial charge in [0, 0.05) is 168 Å². The minimum absolute atomic E-state index is 0.0335. The first-order valence-corrected chi connectivity index (χ1v) is 41.5. The van der Waals surface area contributed by atoms with Gasteiger partial charge < -0.3 is 53.7 Å². The fourth-order valence-electron chi connectivity index (χ4n) is 11.6. The molecule has 0 N–H and O–H groups in total. The van der Waals surface area contributed by atoms with Gasteiger partial charge in [-0.2, -0.15) is 11.8 Å². The second kappa shape index (κ2) is 61.6. The summed E-state index contributed by atoms with van der Waals surface area (Å²) in [4.78, 5) is 126. The number of thioether (sulfide) groups is 1. The van der Waals surface area contributed by atoms with E-state index in [4.69, 9.17) is 4.74 Å². The Bertz CT molecular complexity index is 2870. The first-order valence-electron chi connectivity index (χ1n) is 40.4. The van der Waals surface area contributed by atoms with E-state index in [1.54, 1.807) is 65.7 Å². The van der Waals surface area contributed by atoms with Gasteiger partial charge in [0.05, 0.1) is 36.2 Å². The van der Waals surface area contributed by atoms with Gasteiger partial charge in [-0.25, -0.2) is 0 Å². The van der Waals surface area contributed by atoms with E-state index in [-0.39, 0.29) is 77.0 Å². The van der Waals surface area contributed by atoms with Crippen LogP contribution in [0, 0.1) is 41.4 Å². The molecule has 0 bridgehead atoms. The first kappa shape index (κ1) is 107. The number of aryl methyl sites for hydroxylation is 1. The van der Waals surface area contributed by atoms with Crippen molar-refractivity contribution in [3.05, 3.63) is 83.9 Å². The third-order valence-corrected chi connectivity index (χ3v) is 19.4. The molecule has 618 valence electrons. The number of carbonyl (C=O) groups is 9. The number of rotatable bonds is 0. The molecule has 0 aromatic heterocycles. The molecular weight excluding hydrogens is 1380 g/mol. The predicted octanol–water partition coefficient (Wildman–Crippen LogP) is 15.3. The smallest absolute Gasteiger partial charge is 0.251 e. The average Bonchev–Trinajstić information content (AvgIpc) is 1.67. The summed E-state index contributed by atoms with van der Waals surface area (Å²) >= 11 is 1.87. The molecule has 8 aliphatic rings. The van der Waals surface area contributed by atoms with Crippen molar-refractivity contribution in [1.82, 2.24) is 29.4 Å². The molecule has 8 heterocycles. The fourth-order valence-corrected chi connectivity index (χ4v) is 12.7. The highest BCUT2D eigenvalue weighted by molar-refractivity contribution is 7.99. The maximum Gasteiger partial charge on any atom is 0.251 e. The zero-order chi connectivity index (χ0) is 84.1. The van der Waals surface area contributed by atoms with Crippen LogP contribution in [0.4, 0.5) is 22.7 Å². The zero-order valence-corrected chi connectivity index (χ0v) is 74.6. The maximum atomic E-state index is 11.9. The molecule has 0 saturated carbocycles. The SMILES string of the molecule is CC.CC.CC.CC.CC.CC.CC.CC1C(=O)N(C)c2ccccc2N(C)C1=O.CC1CCCCN(C)C1=O.CC1CCCN(C)C1=O.CC1CCc2ccccc2N(C)C1=O.CC1CN(C)CCN(C)C1=O.CC1COCCN(C)C1=O.CC1CSCCN(C)C1=O.CC1N=Cc2ccccc2N(C)C1=O. The second-order valence-electron chi connectivity index (χ2n) is 26.2. The van der Waals surface area contributed by atoms with E-state index in [1.807, 2.05) is 279 Å². The Kier molecular flexibility index (Phi) is 61.1. The van der Waals surface area contributed by atoms with E-state index in [0.29, 0.717) is 30.9 Å². The molecular formula is C86H153N11O10S. The van der Waals surface area contributed by atoms with Gasteiger partial charge in [0.15, 0.2) is 0 Å². The van der Waals surface area contributed by atoms with E-state index >= 15 is 0 Å². The summed E-state index contributed by atoms with van der Waals surface area (Å²) in [5, 5.41) is 0. The number of fused-ring (bicyclic) bond motifs is 3. The van der Waals surface area contributed by atoms with Crippen molar-refractivity contribution in [2.24, 2.45) is 46.4 Å². The lowest BCUT2D eigenvalue weighted by molar-refractivity contribution is -0.136. The minimum atomic E-state index is -0.623. The third-order valence-electron chi connectivity index (χ3n) is 18.2. The lowest BCUT2D eigenvalue weighted by Gasteiger charge is -2.26. The molecule has 8 aliphatic heterocycles. The Morgan fingerprint density at radius 1 is 0.361 bits per heavy atom. The lowest BCUT2D eigenvalue weighted by atomic mass is 10.0. The van der Waals surface area contributed by atoms with Crippen LogP contribution in [-0.2, 0) is 54.3 Å². The van der Waals surface area contributed by atoms with Crippen LogP contribution >= 0.6 is 11.8 Å². The molecule has 11 rings (SSSR count). The molecule has 0 aliphatic carbocycles. The number of benzene rings is 3. The number of likely N-dealkylation sites (tertiary alicyclic amines) is 2. The van der Waals surface area contributed by atoms with E-state index in [1.165, 1.54) is 24.8 Å². The lowest BCUT2D eigenvalue weighted by Crippen LogP contribution is -2.37. The predicted molar refractivity (Wildman–Crippen MR) is 459 cm³/mol. The standard InChI is InChI=1S/C12H14N2O2.C12H15NO.C11H12N2O.C8H16N2O.C8H15NO.C7H13NO2.C7H13NOS.C7H13NO.7C2H6/c1-8-11(15)13(2)9-6-4-5-7-10(9)14(3)12(8)16;1-9-7-8-10-5-3-4-6-11(10)13(2)12(9)14;1-8-11(14)13(2)10-6-4-3-5-9(10)7-12-8;1-7-6-9(2)4-5-10(3)8(7)11;1-7-5-3-4-6-9(2)8(7)10;2*1-6-5-10-4-3-8(2)7(6)9;1-6-4-3-5-8(2)7(6)9;7*1-2/h4-8H,1-3H3;3-6,9H,7-8H2,1-2H3;3-8H,1-2H3;7H,4-6H2,1-3H3;7H,3-6H2,1-2H3;2*6H,3-5H2,1-2H3;6H,3-5H2,1-2H3;7*1-2H3. The topological polar surface area (TPSA) is 208 Å². The number of carbonyl (C=O) groups excluding carboxylic acids is 9. The van der Waals surface area contributed by atoms with Crippen molar-refractivity contribution in [2.75, 3.05) is 161 Å².